The molecule has 0 N–H and O–H groups in total. The summed E-state index contributed by atoms with van der Waals surface area (Å²) < 4.78 is 19.4. The molecule has 0 radical (unpaired) electrons. The summed E-state index contributed by atoms with van der Waals surface area (Å²) in [4.78, 5) is 20.4. The number of rotatable bonds is 6. The number of carbonyl (C=O) groups excluding carboxylic acids is 1. The minimum absolute atomic E-state index is 0.0251. The first-order chi connectivity index (χ1) is 17.3. The Morgan fingerprint density at radius 1 is 0.971 bits per heavy atom. The number of amides is 1. The van der Waals surface area contributed by atoms with E-state index in [-0.39, 0.29) is 25.1 Å². The summed E-state index contributed by atoms with van der Waals surface area (Å²) in [7, 11) is 0. The van der Waals surface area contributed by atoms with Gasteiger partial charge in [-0.15, -0.1) is 0 Å². The predicted octanol–water partition coefficient (Wildman–Crippen LogP) is 4.75. The average Bonchev–Trinajstić information content (AvgIpc) is 3.53. The maximum Gasteiger partial charge on any atom is 0.243 e. The molecule has 35 heavy (non-hydrogen) atoms. The number of hydrogen-bond acceptors (Lipinski definition) is 5. The van der Waals surface area contributed by atoms with Crippen molar-refractivity contribution in [2.75, 3.05) is 19.8 Å². The van der Waals surface area contributed by atoms with Crippen LogP contribution in [0.4, 0.5) is 0 Å². The average molecular weight is 470 g/mol. The number of likely N-dealkylation sites (tertiary alicyclic amines) is 1. The molecule has 0 spiro atoms. The lowest BCUT2D eigenvalue weighted by molar-refractivity contribution is -0.132. The van der Waals surface area contributed by atoms with Gasteiger partial charge in [0.1, 0.15) is 37.9 Å². The lowest BCUT2D eigenvalue weighted by Gasteiger charge is -2.27. The molecule has 178 valence electrons. The number of imidazole rings is 1. The van der Waals surface area contributed by atoms with Crippen LogP contribution in [-0.2, 0) is 17.9 Å². The minimum atomic E-state index is 0.0251. The zero-order valence-electron chi connectivity index (χ0n) is 19.4. The van der Waals surface area contributed by atoms with E-state index in [1.807, 2.05) is 76.2 Å². The summed E-state index contributed by atoms with van der Waals surface area (Å²) in [6, 6.07) is 23.6. The van der Waals surface area contributed by atoms with Crippen molar-refractivity contribution in [1.29, 1.82) is 0 Å². The zero-order valence-corrected chi connectivity index (χ0v) is 19.4. The fourth-order valence-electron chi connectivity index (χ4n) is 4.98. The highest BCUT2D eigenvalue weighted by atomic mass is 16.6. The van der Waals surface area contributed by atoms with Crippen molar-refractivity contribution in [3.05, 3.63) is 84.2 Å². The van der Waals surface area contributed by atoms with Gasteiger partial charge in [-0.2, -0.15) is 0 Å². The molecule has 0 saturated carbocycles. The Hall–Kier alpha value is -4.00. The minimum Gasteiger partial charge on any atom is -0.486 e. The fraction of sp³-hybridized carbons (Fsp3) is 0.286. The molecular formula is C28H27N3O4. The molecular weight excluding hydrogens is 442 g/mol. The third kappa shape index (κ3) is 4.30. The van der Waals surface area contributed by atoms with Crippen LogP contribution in [0.25, 0.3) is 11.0 Å². The molecule has 1 saturated heterocycles. The third-order valence-corrected chi connectivity index (χ3v) is 6.66. The van der Waals surface area contributed by atoms with Gasteiger partial charge < -0.3 is 23.7 Å². The molecule has 2 aliphatic rings. The van der Waals surface area contributed by atoms with E-state index in [0.29, 0.717) is 13.2 Å². The van der Waals surface area contributed by atoms with Crippen molar-refractivity contribution in [2.24, 2.45) is 0 Å². The van der Waals surface area contributed by atoms with Crippen LogP contribution in [0.5, 0.6) is 17.2 Å². The number of aromatic nitrogens is 2. The Labute approximate surface area is 203 Å². The molecule has 1 aromatic heterocycles. The van der Waals surface area contributed by atoms with Crippen LogP contribution < -0.4 is 14.2 Å². The zero-order chi connectivity index (χ0) is 23.6. The third-order valence-electron chi connectivity index (χ3n) is 6.66. The number of carbonyl (C=O) groups is 1. The number of hydrogen-bond donors (Lipinski definition) is 0. The summed E-state index contributed by atoms with van der Waals surface area (Å²) in [6.07, 6.45) is 1.90. The van der Waals surface area contributed by atoms with Crippen molar-refractivity contribution in [2.45, 2.75) is 32.0 Å². The predicted molar refractivity (Wildman–Crippen MR) is 132 cm³/mol. The van der Waals surface area contributed by atoms with Crippen LogP contribution in [0, 0.1) is 0 Å². The van der Waals surface area contributed by atoms with E-state index in [2.05, 4.69) is 6.07 Å². The summed E-state index contributed by atoms with van der Waals surface area (Å²) in [5.41, 5.74) is 2.88. The first kappa shape index (κ1) is 21.5. The Morgan fingerprint density at radius 2 is 1.77 bits per heavy atom. The Balaban J connectivity index is 1.25. The van der Waals surface area contributed by atoms with Crippen LogP contribution in [0.1, 0.15) is 30.3 Å². The van der Waals surface area contributed by atoms with E-state index < -0.39 is 0 Å². The summed E-state index contributed by atoms with van der Waals surface area (Å²) in [6.45, 7) is 2.36. The molecule has 1 fully saturated rings. The van der Waals surface area contributed by atoms with Crippen LogP contribution in [0.2, 0.25) is 0 Å². The largest absolute Gasteiger partial charge is 0.486 e. The van der Waals surface area contributed by atoms with E-state index in [4.69, 9.17) is 19.2 Å². The van der Waals surface area contributed by atoms with Gasteiger partial charge in [0.2, 0.25) is 5.91 Å². The van der Waals surface area contributed by atoms with Gasteiger partial charge >= 0.3 is 0 Å². The summed E-state index contributed by atoms with van der Waals surface area (Å²) in [5.74, 6) is 3.11. The molecule has 3 aromatic carbocycles. The molecule has 1 atom stereocenters. The number of fused-ring (bicyclic) bond motifs is 2. The van der Waals surface area contributed by atoms with Gasteiger partial charge in [-0.3, -0.25) is 4.79 Å². The lowest BCUT2D eigenvalue weighted by atomic mass is 10.0. The number of para-hydroxylation sites is 3. The molecule has 3 heterocycles. The molecule has 4 aromatic rings. The smallest absolute Gasteiger partial charge is 0.243 e. The SMILES string of the molecule is O=C(Cn1c(COc2ccccc2)nc2ccccc21)N1CCCC1c1ccc2c(c1)OCCO2. The van der Waals surface area contributed by atoms with Gasteiger partial charge in [0, 0.05) is 6.54 Å². The van der Waals surface area contributed by atoms with E-state index >= 15 is 0 Å². The molecule has 2 aliphatic heterocycles. The summed E-state index contributed by atoms with van der Waals surface area (Å²) in [5, 5.41) is 0. The van der Waals surface area contributed by atoms with Gasteiger partial charge in [-0.1, -0.05) is 36.4 Å². The maximum atomic E-state index is 13.6. The normalized spacial score (nSPS) is 17.0. The Morgan fingerprint density at radius 3 is 2.66 bits per heavy atom. The van der Waals surface area contributed by atoms with Crippen molar-refractivity contribution in [3.8, 4) is 17.2 Å². The van der Waals surface area contributed by atoms with Gasteiger partial charge in [0.05, 0.1) is 17.1 Å². The standard InChI is InChI=1S/C28H27N3O4/c32-28(30-14-6-11-23(30)20-12-13-25-26(17-20)34-16-15-33-25)18-31-24-10-5-4-9-22(24)29-27(31)19-35-21-7-2-1-3-8-21/h1-5,7-10,12-13,17,23H,6,11,14-16,18-19H2. The van der Waals surface area contributed by atoms with Crippen LogP contribution in [0.3, 0.4) is 0 Å². The number of nitrogens with zero attached hydrogens (tertiary/aromatic N) is 3. The molecule has 7 heteroatoms. The molecule has 0 bridgehead atoms. The monoisotopic (exact) mass is 469 g/mol. The molecule has 7 nitrogen and oxygen atoms in total. The van der Waals surface area contributed by atoms with Crippen LogP contribution in [0.15, 0.2) is 72.8 Å². The number of benzene rings is 3. The highest BCUT2D eigenvalue weighted by Gasteiger charge is 2.31. The second-order valence-electron chi connectivity index (χ2n) is 8.85. The van der Waals surface area contributed by atoms with Gasteiger partial charge in [-0.05, 0) is 54.8 Å². The quantitative estimate of drug-likeness (QED) is 0.408. The highest BCUT2D eigenvalue weighted by molar-refractivity contribution is 5.81. The van der Waals surface area contributed by atoms with Crippen molar-refractivity contribution < 1.29 is 19.0 Å². The summed E-state index contributed by atoms with van der Waals surface area (Å²) >= 11 is 0. The molecule has 0 aliphatic carbocycles. The highest BCUT2D eigenvalue weighted by Crippen LogP contribution is 2.38. The molecule has 1 amide bonds. The second-order valence-corrected chi connectivity index (χ2v) is 8.85. The van der Waals surface area contributed by atoms with E-state index in [0.717, 1.165) is 59.1 Å². The van der Waals surface area contributed by atoms with E-state index in [1.54, 1.807) is 0 Å². The van der Waals surface area contributed by atoms with Crippen molar-refractivity contribution in [3.63, 3.8) is 0 Å². The molecule has 1 unspecified atom stereocenters. The first-order valence-electron chi connectivity index (χ1n) is 12.1. The van der Waals surface area contributed by atoms with Crippen molar-refractivity contribution >= 4 is 16.9 Å². The topological polar surface area (TPSA) is 65.8 Å². The maximum absolute atomic E-state index is 13.6. The van der Waals surface area contributed by atoms with Crippen LogP contribution >= 0.6 is 0 Å². The Bertz CT molecular complexity index is 1350. The number of ether oxygens (including phenoxy) is 3. The molecule has 6 rings (SSSR count). The Kier molecular flexibility index (Phi) is 5.74. The van der Waals surface area contributed by atoms with Gasteiger partial charge in [0.15, 0.2) is 11.5 Å². The van der Waals surface area contributed by atoms with E-state index in [1.165, 1.54) is 0 Å². The first-order valence-corrected chi connectivity index (χ1v) is 12.1. The van der Waals surface area contributed by atoms with Crippen molar-refractivity contribution in [1.82, 2.24) is 14.5 Å². The van der Waals surface area contributed by atoms with Crippen LogP contribution in [-0.4, -0.2) is 40.1 Å². The van der Waals surface area contributed by atoms with Gasteiger partial charge in [0.25, 0.3) is 0 Å². The van der Waals surface area contributed by atoms with Gasteiger partial charge in [-0.25, -0.2) is 4.98 Å². The van der Waals surface area contributed by atoms with E-state index in [9.17, 15) is 4.79 Å². The lowest BCUT2D eigenvalue weighted by Crippen LogP contribution is -2.34. The second kappa shape index (κ2) is 9.33. The fourth-order valence-corrected chi connectivity index (χ4v) is 4.98.